The largest absolute Gasteiger partial charge is 0.497 e. The van der Waals surface area contributed by atoms with Crippen LogP contribution in [0.2, 0.25) is 0 Å². The number of fused-ring (bicyclic) bond motifs is 1. The van der Waals surface area contributed by atoms with Crippen LogP contribution in [-0.2, 0) is 25.6 Å². The van der Waals surface area contributed by atoms with Crippen molar-refractivity contribution >= 4 is 34.2 Å². The van der Waals surface area contributed by atoms with Gasteiger partial charge in [-0.25, -0.2) is 4.68 Å². The molecule has 6 rings (SSSR count). The SMILES string of the molecule is COc1cccc(N(C(=O)Cn2nnc3ccccc32)[C@@H](C(=O)NC[C@H]2CCCO2)c2ccc(N3CCOCC3)cc2)c1. The highest BCUT2D eigenvalue weighted by Crippen LogP contribution is 2.32. The molecule has 0 radical (unpaired) electrons. The first-order valence-corrected chi connectivity index (χ1v) is 14.7. The molecule has 0 bridgehead atoms. The number of nitrogens with zero attached hydrogens (tertiary/aromatic N) is 5. The number of hydrogen-bond acceptors (Lipinski definition) is 8. The lowest BCUT2D eigenvalue weighted by Crippen LogP contribution is -2.46. The van der Waals surface area contributed by atoms with Crippen LogP contribution in [0.25, 0.3) is 11.0 Å². The molecule has 0 spiro atoms. The molecule has 0 unspecified atom stereocenters. The van der Waals surface area contributed by atoms with E-state index >= 15 is 0 Å². The fraction of sp³-hybridized carbons (Fsp3) is 0.375. The van der Waals surface area contributed by atoms with Crippen molar-refractivity contribution < 1.29 is 23.8 Å². The Balaban J connectivity index is 1.38. The summed E-state index contributed by atoms with van der Waals surface area (Å²) in [5.74, 6) is -0.0460. The van der Waals surface area contributed by atoms with Gasteiger partial charge in [0.1, 0.15) is 23.9 Å². The smallest absolute Gasteiger partial charge is 0.249 e. The zero-order valence-electron chi connectivity index (χ0n) is 24.2. The first-order chi connectivity index (χ1) is 21.1. The van der Waals surface area contributed by atoms with Gasteiger partial charge in [-0.05, 0) is 54.8 Å². The van der Waals surface area contributed by atoms with E-state index in [1.165, 1.54) is 4.90 Å². The lowest BCUT2D eigenvalue weighted by Gasteiger charge is -2.33. The minimum atomic E-state index is -0.963. The summed E-state index contributed by atoms with van der Waals surface area (Å²) in [5.41, 5.74) is 3.67. The Bertz CT molecular complexity index is 1550. The number of methoxy groups -OCH3 is 1. The Labute approximate surface area is 250 Å². The molecular weight excluding hydrogens is 548 g/mol. The van der Waals surface area contributed by atoms with Crippen molar-refractivity contribution in [1.29, 1.82) is 0 Å². The molecule has 2 atom stereocenters. The number of amides is 2. The van der Waals surface area contributed by atoms with Gasteiger partial charge >= 0.3 is 0 Å². The summed E-state index contributed by atoms with van der Waals surface area (Å²) >= 11 is 0. The normalized spacial score (nSPS) is 17.5. The minimum Gasteiger partial charge on any atom is -0.497 e. The number of carbonyl (C=O) groups excluding carboxylic acids is 2. The highest BCUT2D eigenvalue weighted by molar-refractivity contribution is 6.01. The van der Waals surface area contributed by atoms with E-state index < -0.39 is 6.04 Å². The van der Waals surface area contributed by atoms with Crippen molar-refractivity contribution in [3.63, 3.8) is 0 Å². The van der Waals surface area contributed by atoms with Crippen LogP contribution in [0, 0.1) is 0 Å². The van der Waals surface area contributed by atoms with Crippen molar-refractivity contribution in [3.05, 3.63) is 78.4 Å². The number of anilines is 2. The molecular formula is C32H36N6O5. The van der Waals surface area contributed by atoms with Crippen LogP contribution in [0.1, 0.15) is 24.4 Å². The highest BCUT2D eigenvalue weighted by atomic mass is 16.5. The molecule has 0 saturated carbocycles. The van der Waals surface area contributed by atoms with Crippen molar-refractivity contribution in [2.45, 2.75) is 31.5 Å². The molecule has 4 aromatic rings. The maximum absolute atomic E-state index is 14.3. The summed E-state index contributed by atoms with van der Waals surface area (Å²) in [4.78, 5) is 32.2. The highest BCUT2D eigenvalue weighted by Gasteiger charge is 2.34. The molecule has 2 amide bonds. The summed E-state index contributed by atoms with van der Waals surface area (Å²) in [5, 5.41) is 11.5. The molecule has 1 aromatic heterocycles. The molecule has 2 fully saturated rings. The molecule has 2 saturated heterocycles. The topological polar surface area (TPSA) is 111 Å². The number of carbonyl (C=O) groups is 2. The van der Waals surface area contributed by atoms with Crippen molar-refractivity contribution in [2.24, 2.45) is 0 Å². The zero-order valence-corrected chi connectivity index (χ0v) is 24.2. The van der Waals surface area contributed by atoms with Crippen molar-refractivity contribution in [2.75, 3.05) is 56.4 Å². The Hall–Kier alpha value is -4.48. The number of nitrogens with one attached hydrogen (secondary N) is 1. The molecule has 3 heterocycles. The lowest BCUT2D eigenvalue weighted by atomic mass is 10.0. The third kappa shape index (κ3) is 6.47. The number of rotatable bonds is 10. The predicted octanol–water partition coefficient (Wildman–Crippen LogP) is 3.35. The Morgan fingerprint density at radius 1 is 1.05 bits per heavy atom. The van der Waals surface area contributed by atoms with Gasteiger partial charge in [0.25, 0.3) is 0 Å². The summed E-state index contributed by atoms with van der Waals surface area (Å²) in [7, 11) is 1.57. The maximum Gasteiger partial charge on any atom is 0.249 e. The summed E-state index contributed by atoms with van der Waals surface area (Å²) in [6, 6.07) is 21.5. The second-order valence-corrected chi connectivity index (χ2v) is 10.7. The van der Waals surface area contributed by atoms with Gasteiger partial charge in [0.15, 0.2) is 0 Å². The van der Waals surface area contributed by atoms with Gasteiger partial charge in [0.05, 0.1) is 31.9 Å². The molecule has 11 heteroatoms. The number of para-hydroxylation sites is 1. The van der Waals surface area contributed by atoms with E-state index in [9.17, 15) is 9.59 Å². The van der Waals surface area contributed by atoms with Crippen LogP contribution in [0.3, 0.4) is 0 Å². The molecule has 11 nitrogen and oxygen atoms in total. The Kier molecular flexibility index (Phi) is 8.80. The van der Waals surface area contributed by atoms with E-state index in [0.717, 1.165) is 37.1 Å². The summed E-state index contributed by atoms with van der Waals surface area (Å²) in [6.07, 6.45) is 1.81. The van der Waals surface area contributed by atoms with E-state index in [2.05, 4.69) is 20.5 Å². The molecule has 2 aliphatic rings. The van der Waals surface area contributed by atoms with Gasteiger partial charge in [0.2, 0.25) is 11.8 Å². The molecule has 1 N–H and O–H groups in total. The molecule has 2 aliphatic heterocycles. The molecule has 224 valence electrons. The molecule has 43 heavy (non-hydrogen) atoms. The second kappa shape index (κ2) is 13.2. The van der Waals surface area contributed by atoms with Gasteiger partial charge in [-0.3, -0.25) is 14.5 Å². The van der Waals surface area contributed by atoms with Gasteiger partial charge < -0.3 is 24.4 Å². The first kappa shape index (κ1) is 28.6. The van der Waals surface area contributed by atoms with E-state index in [1.807, 2.05) is 60.7 Å². The van der Waals surface area contributed by atoms with E-state index in [1.54, 1.807) is 23.9 Å². The van der Waals surface area contributed by atoms with Crippen LogP contribution in [0.15, 0.2) is 72.8 Å². The van der Waals surface area contributed by atoms with Crippen LogP contribution in [0.4, 0.5) is 11.4 Å². The average Bonchev–Trinajstić information content (AvgIpc) is 3.73. The monoisotopic (exact) mass is 584 g/mol. The maximum atomic E-state index is 14.3. The Morgan fingerprint density at radius 3 is 2.63 bits per heavy atom. The first-order valence-electron chi connectivity index (χ1n) is 14.7. The second-order valence-electron chi connectivity index (χ2n) is 10.7. The fourth-order valence-corrected chi connectivity index (χ4v) is 5.66. The summed E-state index contributed by atoms with van der Waals surface area (Å²) in [6.45, 7) is 3.88. The van der Waals surface area contributed by atoms with Gasteiger partial charge in [-0.1, -0.05) is 35.5 Å². The van der Waals surface area contributed by atoms with Crippen molar-refractivity contribution in [1.82, 2.24) is 20.3 Å². The van der Waals surface area contributed by atoms with Crippen LogP contribution in [-0.4, -0.2) is 79.5 Å². The lowest BCUT2D eigenvalue weighted by molar-refractivity contribution is -0.127. The average molecular weight is 585 g/mol. The van der Waals surface area contributed by atoms with E-state index in [-0.39, 0.29) is 24.5 Å². The number of morpholine rings is 1. The quantitative estimate of drug-likeness (QED) is 0.302. The van der Waals surface area contributed by atoms with Gasteiger partial charge in [-0.2, -0.15) is 0 Å². The predicted molar refractivity (Wildman–Crippen MR) is 162 cm³/mol. The van der Waals surface area contributed by atoms with Crippen LogP contribution < -0.4 is 19.9 Å². The minimum absolute atomic E-state index is 0.0456. The number of hydrogen-bond donors (Lipinski definition) is 1. The van der Waals surface area contributed by atoms with E-state index in [0.29, 0.717) is 48.9 Å². The van der Waals surface area contributed by atoms with E-state index in [4.69, 9.17) is 14.2 Å². The number of aromatic nitrogens is 3. The van der Waals surface area contributed by atoms with Gasteiger partial charge in [-0.15, -0.1) is 5.10 Å². The molecule has 0 aliphatic carbocycles. The van der Waals surface area contributed by atoms with Crippen LogP contribution >= 0.6 is 0 Å². The Morgan fingerprint density at radius 2 is 1.86 bits per heavy atom. The third-order valence-corrected chi connectivity index (χ3v) is 7.93. The summed E-state index contributed by atoms with van der Waals surface area (Å²) < 4.78 is 18.3. The van der Waals surface area contributed by atoms with Gasteiger partial charge in [0, 0.05) is 43.7 Å². The fourth-order valence-electron chi connectivity index (χ4n) is 5.66. The third-order valence-electron chi connectivity index (χ3n) is 7.93. The number of ether oxygens (including phenoxy) is 3. The van der Waals surface area contributed by atoms with Crippen molar-refractivity contribution in [3.8, 4) is 5.75 Å². The zero-order chi connectivity index (χ0) is 29.6. The standard InChI is InChI=1S/C32H36N6O5/c1-41-26-7-4-6-25(20-26)38(30(39)22-37-29-10-3-2-9-28(29)34-35-37)31(32(40)33-21-27-8-5-17-43-27)23-11-13-24(14-12-23)36-15-18-42-19-16-36/h2-4,6-7,9-14,20,27,31H,5,8,15-19,21-22H2,1H3,(H,33,40)/t27-,31-/m1/s1. The number of benzene rings is 3. The van der Waals surface area contributed by atoms with Crippen LogP contribution in [0.5, 0.6) is 5.75 Å². The molecule has 3 aromatic carbocycles.